The van der Waals surface area contributed by atoms with Gasteiger partial charge >= 0.3 is 0 Å². The second-order valence-electron chi connectivity index (χ2n) is 12.4. The molecule has 10 rings (SSSR count). The fourth-order valence-corrected chi connectivity index (χ4v) is 7.53. The maximum Gasteiger partial charge on any atom is 0.0871 e. The van der Waals surface area contributed by atoms with E-state index in [0.29, 0.717) is 0 Å². The average molecular weight is 612 g/mol. The molecule has 0 bridgehead atoms. The molecule has 0 saturated carbocycles. The van der Waals surface area contributed by atoms with E-state index in [0.717, 1.165) is 16.6 Å². The summed E-state index contributed by atoms with van der Waals surface area (Å²) in [6, 6.07) is 61.1. The number of hydrogen-bond donors (Lipinski definition) is 0. The quantitative estimate of drug-likeness (QED) is 0.194. The van der Waals surface area contributed by atoms with E-state index >= 15 is 0 Å². The highest BCUT2D eigenvalue weighted by Crippen LogP contribution is 2.38. The monoisotopic (exact) mass is 611 g/mol. The van der Waals surface area contributed by atoms with E-state index in [1.807, 2.05) is 12.3 Å². The number of fused-ring (bicyclic) bond motifs is 8. The van der Waals surface area contributed by atoms with Crippen LogP contribution in [0.25, 0.3) is 88.3 Å². The number of para-hydroxylation sites is 5. The Kier molecular flexibility index (Phi) is 5.87. The van der Waals surface area contributed by atoms with E-state index in [-0.39, 0.29) is 0 Å². The van der Waals surface area contributed by atoms with E-state index in [4.69, 9.17) is 4.98 Å². The Morgan fingerprint density at radius 2 is 0.771 bits per heavy atom. The third-order valence-electron chi connectivity index (χ3n) is 9.79. The summed E-state index contributed by atoms with van der Waals surface area (Å²) < 4.78 is 4.70. The zero-order valence-corrected chi connectivity index (χ0v) is 26.1. The maximum atomic E-state index is 4.81. The summed E-state index contributed by atoms with van der Waals surface area (Å²) in [4.78, 5) is 4.81. The van der Waals surface area contributed by atoms with Gasteiger partial charge in [-0.05, 0) is 70.3 Å². The minimum absolute atomic E-state index is 0.996. The molecule has 0 unspecified atom stereocenters. The molecule has 0 amide bonds. The summed E-state index contributed by atoms with van der Waals surface area (Å²) in [5.41, 5.74) is 15.3. The lowest BCUT2D eigenvalue weighted by Crippen LogP contribution is -1.93. The number of benzene rings is 7. The van der Waals surface area contributed by atoms with Gasteiger partial charge in [0, 0.05) is 27.4 Å². The number of rotatable bonds is 4. The number of aromatic nitrogens is 3. The summed E-state index contributed by atoms with van der Waals surface area (Å²) in [6.07, 6.45) is 2.01. The highest BCUT2D eigenvalue weighted by molar-refractivity contribution is 6.09. The topological polar surface area (TPSA) is 22.2 Å². The molecule has 0 aliphatic rings. The minimum Gasteiger partial charge on any atom is -0.309 e. The van der Waals surface area contributed by atoms with Crippen LogP contribution in [0.4, 0.5) is 0 Å². The maximum absolute atomic E-state index is 4.81. The van der Waals surface area contributed by atoms with Crippen LogP contribution in [0, 0.1) is 0 Å². The Morgan fingerprint density at radius 1 is 0.333 bits per heavy atom. The number of hydrogen-bond acceptors (Lipinski definition) is 1. The van der Waals surface area contributed by atoms with Crippen molar-refractivity contribution in [2.45, 2.75) is 0 Å². The van der Waals surface area contributed by atoms with Crippen molar-refractivity contribution in [2.24, 2.45) is 0 Å². The predicted molar refractivity (Wildman–Crippen MR) is 201 cm³/mol. The Bertz CT molecular complexity index is 2750. The van der Waals surface area contributed by atoms with Crippen LogP contribution in [0.1, 0.15) is 0 Å². The predicted octanol–water partition coefficient (Wildman–Crippen LogP) is 11.7. The average Bonchev–Trinajstić information content (AvgIpc) is 3.68. The van der Waals surface area contributed by atoms with Crippen molar-refractivity contribution in [1.29, 1.82) is 0 Å². The summed E-state index contributed by atoms with van der Waals surface area (Å²) in [5, 5.41) is 3.79. The van der Waals surface area contributed by atoms with Gasteiger partial charge in [-0.25, -0.2) is 0 Å². The molecule has 0 atom stereocenters. The molecule has 3 heteroatoms. The van der Waals surface area contributed by atoms with Crippen molar-refractivity contribution in [1.82, 2.24) is 14.0 Å². The van der Waals surface area contributed by atoms with E-state index in [1.165, 1.54) is 71.8 Å². The summed E-state index contributed by atoms with van der Waals surface area (Å²) in [7, 11) is 0. The SMILES string of the molecule is c1ccc2c(c1)ncc1c(-c3ccc(-c4ccc(-c5ccc(-n6c7ccccc7c7ccccc76)cc5)cc4)cc3)c3ccccc3n12. The van der Waals surface area contributed by atoms with Crippen molar-refractivity contribution >= 4 is 49.3 Å². The molecule has 10 aromatic rings. The Labute approximate surface area is 277 Å². The zero-order valence-electron chi connectivity index (χ0n) is 26.1. The Morgan fingerprint density at radius 3 is 1.35 bits per heavy atom. The molecular formula is C45H29N3. The van der Waals surface area contributed by atoms with E-state index in [9.17, 15) is 0 Å². The first-order valence-corrected chi connectivity index (χ1v) is 16.4. The van der Waals surface area contributed by atoms with Gasteiger partial charge in [-0.1, -0.05) is 127 Å². The van der Waals surface area contributed by atoms with Gasteiger partial charge in [0.2, 0.25) is 0 Å². The van der Waals surface area contributed by atoms with Crippen LogP contribution in [0.2, 0.25) is 0 Å². The van der Waals surface area contributed by atoms with E-state index in [1.54, 1.807) is 0 Å². The first-order valence-electron chi connectivity index (χ1n) is 16.4. The Hall–Kier alpha value is -6.45. The summed E-state index contributed by atoms with van der Waals surface area (Å²) in [5.74, 6) is 0. The molecule has 48 heavy (non-hydrogen) atoms. The fourth-order valence-electron chi connectivity index (χ4n) is 7.53. The van der Waals surface area contributed by atoms with Gasteiger partial charge in [0.05, 0.1) is 39.3 Å². The van der Waals surface area contributed by atoms with Crippen LogP contribution < -0.4 is 0 Å². The van der Waals surface area contributed by atoms with Gasteiger partial charge in [0.15, 0.2) is 0 Å². The molecule has 3 heterocycles. The lowest BCUT2D eigenvalue weighted by molar-refractivity contribution is 1.18. The highest BCUT2D eigenvalue weighted by Gasteiger charge is 2.16. The van der Waals surface area contributed by atoms with Crippen molar-refractivity contribution in [3.63, 3.8) is 0 Å². The van der Waals surface area contributed by atoms with Crippen molar-refractivity contribution in [3.8, 4) is 39.1 Å². The lowest BCUT2D eigenvalue weighted by Gasteiger charge is -2.10. The standard InChI is InChI=1S/C45H29N3/c1-5-13-40-36(9-1)37-10-2-6-14-41(37)47(40)35-27-25-33(26-28-35)31-19-17-30(18-20-31)32-21-23-34(24-22-32)45-38-11-3-7-15-42(38)48-43-16-8-4-12-39(43)46-29-44(45)48/h1-29H. The molecule has 3 aromatic heterocycles. The van der Waals surface area contributed by atoms with E-state index < -0.39 is 0 Å². The molecule has 0 N–H and O–H groups in total. The molecule has 0 aliphatic carbocycles. The van der Waals surface area contributed by atoms with Gasteiger partial charge in [-0.3, -0.25) is 4.98 Å². The van der Waals surface area contributed by atoms with Crippen molar-refractivity contribution < 1.29 is 0 Å². The van der Waals surface area contributed by atoms with Gasteiger partial charge in [-0.2, -0.15) is 0 Å². The zero-order chi connectivity index (χ0) is 31.6. The fraction of sp³-hybridized carbons (Fsp3) is 0. The van der Waals surface area contributed by atoms with Crippen LogP contribution in [0.15, 0.2) is 176 Å². The number of nitrogens with zero attached hydrogens (tertiary/aromatic N) is 3. The molecule has 224 valence electrons. The van der Waals surface area contributed by atoms with Gasteiger partial charge in [0.25, 0.3) is 0 Å². The van der Waals surface area contributed by atoms with Crippen molar-refractivity contribution in [2.75, 3.05) is 0 Å². The third-order valence-corrected chi connectivity index (χ3v) is 9.79. The molecule has 0 aliphatic heterocycles. The molecule has 7 aromatic carbocycles. The minimum atomic E-state index is 0.996. The summed E-state index contributed by atoms with van der Waals surface area (Å²) in [6.45, 7) is 0. The summed E-state index contributed by atoms with van der Waals surface area (Å²) >= 11 is 0. The van der Waals surface area contributed by atoms with Crippen LogP contribution in [0.5, 0.6) is 0 Å². The van der Waals surface area contributed by atoms with Crippen LogP contribution in [0.3, 0.4) is 0 Å². The van der Waals surface area contributed by atoms with Gasteiger partial charge in [-0.15, -0.1) is 0 Å². The van der Waals surface area contributed by atoms with Gasteiger partial charge < -0.3 is 8.97 Å². The van der Waals surface area contributed by atoms with Gasteiger partial charge in [0.1, 0.15) is 0 Å². The molecule has 0 radical (unpaired) electrons. The molecule has 0 saturated heterocycles. The first kappa shape index (κ1) is 26.7. The van der Waals surface area contributed by atoms with E-state index in [2.05, 4.69) is 173 Å². The molecule has 3 nitrogen and oxygen atoms in total. The molecular weight excluding hydrogens is 583 g/mol. The second-order valence-corrected chi connectivity index (χ2v) is 12.4. The van der Waals surface area contributed by atoms with Crippen LogP contribution >= 0.6 is 0 Å². The third kappa shape index (κ3) is 4.04. The Balaban J connectivity index is 0.970. The van der Waals surface area contributed by atoms with Crippen molar-refractivity contribution in [3.05, 3.63) is 176 Å². The second kappa shape index (κ2) is 10.5. The normalized spacial score (nSPS) is 11.8. The first-order chi connectivity index (χ1) is 23.8. The molecule has 0 spiro atoms. The molecule has 0 fully saturated rings. The largest absolute Gasteiger partial charge is 0.309 e. The van der Waals surface area contributed by atoms with Crippen LogP contribution in [-0.2, 0) is 0 Å². The van der Waals surface area contributed by atoms with Crippen LogP contribution in [-0.4, -0.2) is 14.0 Å². The smallest absolute Gasteiger partial charge is 0.0871 e. The lowest BCUT2D eigenvalue weighted by atomic mass is 9.97. The highest BCUT2D eigenvalue weighted by atomic mass is 15.0.